The number of hydrogen-bond acceptors (Lipinski definition) is 4. The van der Waals surface area contributed by atoms with E-state index in [9.17, 15) is 9.59 Å². The number of fused-ring (bicyclic) bond motifs is 1. The van der Waals surface area contributed by atoms with Gasteiger partial charge in [0.25, 0.3) is 5.91 Å². The molecule has 2 fully saturated rings. The summed E-state index contributed by atoms with van der Waals surface area (Å²) in [6.45, 7) is 1.89. The summed E-state index contributed by atoms with van der Waals surface area (Å²) < 4.78 is 1.25. The predicted molar refractivity (Wildman–Crippen MR) is 88.5 cm³/mol. The van der Waals surface area contributed by atoms with Crippen LogP contribution in [0.1, 0.15) is 30.2 Å². The van der Waals surface area contributed by atoms with Gasteiger partial charge in [-0.3, -0.25) is 14.5 Å². The van der Waals surface area contributed by atoms with E-state index in [1.54, 1.807) is 18.4 Å². The van der Waals surface area contributed by atoms with Crippen molar-refractivity contribution in [1.29, 1.82) is 0 Å². The predicted octanol–water partition coefficient (Wildman–Crippen LogP) is 0.816. The molecular weight excluding hydrogens is 310 g/mol. The molecule has 2 amide bonds. The number of thiazole rings is 1. The van der Waals surface area contributed by atoms with Gasteiger partial charge in [-0.1, -0.05) is 12.1 Å². The van der Waals surface area contributed by atoms with Gasteiger partial charge in [0.2, 0.25) is 5.91 Å². The highest BCUT2D eigenvalue weighted by atomic mass is 32.1. The first kappa shape index (κ1) is 14.8. The van der Waals surface area contributed by atoms with Crippen LogP contribution >= 0.6 is 11.3 Å². The van der Waals surface area contributed by atoms with Gasteiger partial charge in [-0.15, -0.1) is 11.3 Å². The lowest BCUT2D eigenvalue weighted by atomic mass is 9.96. The number of likely N-dealkylation sites (tertiary alicyclic amines) is 2. The Balaban J connectivity index is 1.45. The van der Waals surface area contributed by atoms with Gasteiger partial charge in [0.15, 0.2) is 6.04 Å². The summed E-state index contributed by atoms with van der Waals surface area (Å²) in [5.41, 5.74) is 1.08. The van der Waals surface area contributed by atoms with Gasteiger partial charge >= 0.3 is 0 Å². The van der Waals surface area contributed by atoms with E-state index in [0.717, 1.165) is 31.4 Å². The smallest absolute Gasteiger partial charge is 0.287 e. The van der Waals surface area contributed by atoms with Crippen LogP contribution in [0.15, 0.2) is 24.3 Å². The first-order chi connectivity index (χ1) is 11.1. The Labute approximate surface area is 138 Å². The zero-order valence-corrected chi connectivity index (χ0v) is 13.9. The van der Waals surface area contributed by atoms with Crippen LogP contribution in [0.25, 0.3) is 10.2 Å². The Hall–Kier alpha value is -1.79. The third-order valence-corrected chi connectivity index (χ3v) is 6.36. The first-order valence-corrected chi connectivity index (χ1v) is 8.95. The van der Waals surface area contributed by atoms with Gasteiger partial charge in [0.05, 0.1) is 34.7 Å². The molecule has 1 aromatic carbocycles. The number of piperidine rings is 1. The number of aromatic nitrogens is 1. The number of hydrogen-bond donors (Lipinski definition) is 1. The number of amides is 2. The van der Waals surface area contributed by atoms with Crippen LogP contribution in [0.4, 0.5) is 0 Å². The van der Waals surface area contributed by atoms with Gasteiger partial charge in [-0.05, 0) is 12.1 Å². The minimum atomic E-state index is -0.163. The number of quaternary nitrogens is 1. The van der Waals surface area contributed by atoms with E-state index < -0.39 is 0 Å². The highest BCUT2D eigenvalue weighted by molar-refractivity contribution is 7.18. The Bertz CT molecular complexity index is 731. The second-order valence-corrected chi connectivity index (χ2v) is 7.56. The lowest BCUT2D eigenvalue weighted by Gasteiger charge is -2.31. The number of imide groups is 1. The number of likely N-dealkylation sites (N-methyl/N-ethyl adjacent to an activating group) is 1. The standard InChI is InChI=1S/C17H19N3O2S/c1-19-15(21)10-13(17(19)22)20-8-6-11(7-9-20)16-18-12-4-2-3-5-14(12)23-16/h2-5,11,13H,6-10H2,1H3/p+1/t13-/m0/s1. The fourth-order valence-corrected chi connectivity index (χ4v) is 4.86. The molecule has 1 N–H and O–H groups in total. The molecule has 4 rings (SSSR count). The van der Waals surface area contributed by atoms with Crippen molar-refractivity contribution in [3.8, 4) is 0 Å². The third kappa shape index (κ3) is 2.56. The van der Waals surface area contributed by atoms with Crippen LogP contribution in [-0.4, -0.2) is 47.9 Å². The summed E-state index contributed by atoms with van der Waals surface area (Å²) in [6, 6.07) is 8.10. The van der Waals surface area contributed by atoms with Gasteiger partial charge in [0.1, 0.15) is 0 Å². The van der Waals surface area contributed by atoms with Gasteiger partial charge in [-0.2, -0.15) is 0 Å². The molecule has 120 valence electrons. The van der Waals surface area contributed by atoms with Gasteiger partial charge < -0.3 is 4.90 Å². The topological polar surface area (TPSA) is 54.7 Å². The number of benzene rings is 1. The molecule has 1 atom stereocenters. The average Bonchev–Trinajstić information content (AvgIpc) is 3.12. The first-order valence-electron chi connectivity index (χ1n) is 8.14. The SMILES string of the molecule is CN1C(=O)C[C@H]([NH+]2CCC(c3nc4ccccc4s3)CC2)C1=O. The van der Waals surface area contributed by atoms with Crippen molar-refractivity contribution in [2.75, 3.05) is 20.1 Å². The van der Waals surface area contributed by atoms with Gasteiger partial charge in [-0.25, -0.2) is 4.98 Å². The molecule has 2 saturated heterocycles. The zero-order chi connectivity index (χ0) is 16.0. The van der Waals surface area contributed by atoms with Crippen LogP contribution < -0.4 is 4.90 Å². The maximum Gasteiger partial charge on any atom is 0.287 e. The number of carbonyl (C=O) groups excluding carboxylic acids is 2. The molecule has 0 radical (unpaired) electrons. The molecule has 0 bridgehead atoms. The third-order valence-electron chi connectivity index (χ3n) is 5.16. The Kier molecular flexibility index (Phi) is 3.66. The largest absolute Gasteiger partial charge is 0.324 e. The van der Waals surface area contributed by atoms with E-state index in [-0.39, 0.29) is 17.9 Å². The quantitative estimate of drug-likeness (QED) is 0.830. The van der Waals surface area contributed by atoms with Crippen molar-refractivity contribution in [2.45, 2.75) is 31.2 Å². The Morgan fingerprint density at radius 2 is 1.96 bits per heavy atom. The molecular formula is C17H20N3O2S+. The number of para-hydroxylation sites is 1. The number of nitrogens with one attached hydrogen (secondary N) is 1. The highest BCUT2D eigenvalue weighted by Gasteiger charge is 2.44. The Morgan fingerprint density at radius 3 is 2.61 bits per heavy atom. The number of nitrogens with zero attached hydrogens (tertiary/aromatic N) is 2. The van der Waals surface area contributed by atoms with Crippen molar-refractivity contribution in [3.05, 3.63) is 29.3 Å². The second-order valence-electron chi connectivity index (χ2n) is 6.50. The molecule has 0 saturated carbocycles. The summed E-state index contributed by atoms with van der Waals surface area (Å²) in [6.07, 6.45) is 2.45. The van der Waals surface area contributed by atoms with Crippen molar-refractivity contribution in [3.63, 3.8) is 0 Å². The summed E-state index contributed by atoms with van der Waals surface area (Å²) in [5.74, 6) is 0.435. The fraction of sp³-hybridized carbons (Fsp3) is 0.471. The van der Waals surface area contributed by atoms with Crippen molar-refractivity contribution < 1.29 is 14.5 Å². The monoisotopic (exact) mass is 330 g/mol. The van der Waals surface area contributed by atoms with Crippen LogP contribution in [0.5, 0.6) is 0 Å². The summed E-state index contributed by atoms with van der Waals surface area (Å²) in [7, 11) is 1.60. The molecule has 0 spiro atoms. The minimum Gasteiger partial charge on any atom is -0.324 e. The van der Waals surface area contributed by atoms with E-state index in [0.29, 0.717) is 12.3 Å². The zero-order valence-electron chi connectivity index (χ0n) is 13.1. The maximum absolute atomic E-state index is 12.2. The summed E-state index contributed by atoms with van der Waals surface area (Å²) in [5, 5.41) is 1.22. The molecule has 2 aliphatic rings. The number of rotatable bonds is 2. The molecule has 23 heavy (non-hydrogen) atoms. The summed E-state index contributed by atoms with van der Waals surface area (Å²) in [4.78, 5) is 31.2. The summed E-state index contributed by atoms with van der Waals surface area (Å²) >= 11 is 1.79. The molecule has 1 aromatic heterocycles. The second kappa shape index (κ2) is 5.69. The molecule has 3 heterocycles. The van der Waals surface area contributed by atoms with E-state index in [2.05, 4.69) is 18.2 Å². The van der Waals surface area contributed by atoms with E-state index in [4.69, 9.17) is 4.98 Å². The molecule has 0 aliphatic carbocycles. The molecule has 6 heteroatoms. The molecule has 0 unspecified atom stereocenters. The molecule has 5 nitrogen and oxygen atoms in total. The van der Waals surface area contributed by atoms with Crippen LogP contribution in [0.3, 0.4) is 0 Å². The Morgan fingerprint density at radius 1 is 1.22 bits per heavy atom. The lowest BCUT2D eigenvalue weighted by molar-refractivity contribution is -0.920. The lowest BCUT2D eigenvalue weighted by Crippen LogP contribution is -3.17. The van der Waals surface area contributed by atoms with Crippen LogP contribution in [0.2, 0.25) is 0 Å². The maximum atomic E-state index is 12.2. The molecule has 2 aromatic rings. The van der Waals surface area contributed by atoms with E-state index in [1.807, 2.05) is 6.07 Å². The van der Waals surface area contributed by atoms with Crippen molar-refractivity contribution >= 4 is 33.4 Å². The van der Waals surface area contributed by atoms with E-state index in [1.165, 1.54) is 19.5 Å². The highest BCUT2D eigenvalue weighted by Crippen LogP contribution is 2.31. The van der Waals surface area contributed by atoms with Crippen molar-refractivity contribution in [1.82, 2.24) is 9.88 Å². The van der Waals surface area contributed by atoms with Crippen LogP contribution in [0, 0.1) is 0 Å². The van der Waals surface area contributed by atoms with Gasteiger partial charge in [0, 0.05) is 25.8 Å². The van der Waals surface area contributed by atoms with E-state index >= 15 is 0 Å². The minimum absolute atomic E-state index is 0.0107. The molecule has 2 aliphatic heterocycles. The van der Waals surface area contributed by atoms with Crippen molar-refractivity contribution in [2.24, 2.45) is 0 Å². The normalized spacial score (nSPS) is 28.7. The van der Waals surface area contributed by atoms with Crippen LogP contribution in [-0.2, 0) is 9.59 Å². The average molecular weight is 330 g/mol. The number of carbonyl (C=O) groups is 2. The fourth-order valence-electron chi connectivity index (χ4n) is 3.72.